The van der Waals surface area contributed by atoms with E-state index in [-0.39, 0.29) is 31.2 Å². The van der Waals surface area contributed by atoms with Gasteiger partial charge in [0, 0.05) is 58.4 Å². The van der Waals surface area contributed by atoms with E-state index in [1.165, 1.54) is 6.92 Å². The number of hydrogen-bond donors (Lipinski definition) is 0. The Labute approximate surface area is 223 Å². The van der Waals surface area contributed by atoms with Crippen LogP contribution in [0.4, 0.5) is 0 Å². The van der Waals surface area contributed by atoms with Crippen LogP contribution in [0, 0.1) is 0 Å². The van der Waals surface area contributed by atoms with E-state index in [0.717, 1.165) is 33.9 Å². The van der Waals surface area contributed by atoms with E-state index in [1.54, 1.807) is 13.0 Å². The van der Waals surface area contributed by atoms with Crippen molar-refractivity contribution in [3.63, 3.8) is 0 Å². The van der Waals surface area contributed by atoms with Gasteiger partial charge < -0.3 is 14.1 Å². The Hall–Kier alpha value is -4.26. The number of ether oxygens (including phenoxy) is 1. The molecule has 1 heterocycles. The Balaban J connectivity index is 2.17. The number of hydrogen-bond acceptors (Lipinski definition) is 6. The Morgan fingerprint density at radius 3 is 2.16 bits per heavy atom. The zero-order valence-corrected chi connectivity index (χ0v) is 22.7. The predicted octanol–water partition coefficient (Wildman–Crippen LogP) is 6.69. The quantitative estimate of drug-likeness (QED) is 0.0541. The first kappa shape index (κ1) is 28.3. The van der Waals surface area contributed by atoms with Crippen molar-refractivity contribution in [2.45, 2.75) is 54.0 Å². The van der Waals surface area contributed by atoms with E-state index in [0.29, 0.717) is 22.4 Å². The van der Waals surface area contributed by atoms with Crippen LogP contribution >= 0.6 is 0 Å². The molecule has 0 saturated carbocycles. The van der Waals surface area contributed by atoms with Crippen LogP contribution in [-0.2, 0) is 25.7 Å². The van der Waals surface area contributed by atoms with Gasteiger partial charge in [-0.05, 0) is 63.6 Å². The molecule has 0 aliphatic carbocycles. The molecule has 0 aliphatic rings. The molecule has 7 heteroatoms. The van der Waals surface area contributed by atoms with Crippen LogP contribution in [0.5, 0.6) is 0 Å². The first-order valence-corrected chi connectivity index (χ1v) is 12.7. The van der Waals surface area contributed by atoms with Gasteiger partial charge in [-0.2, -0.15) is 0 Å². The Kier molecular flexibility index (Phi) is 9.55. The van der Waals surface area contributed by atoms with Crippen LogP contribution in [-0.4, -0.2) is 34.6 Å². The molecule has 3 rings (SSSR count). The van der Waals surface area contributed by atoms with Crippen molar-refractivity contribution in [3.8, 4) is 0 Å². The topological polar surface area (TPSA) is 87.0 Å². The molecule has 0 amide bonds. The number of aryl methyl sites for hydroxylation is 1. The van der Waals surface area contributed by atoms with Gasteiger partial charge in [0.15, 0.2) is 5.78 Å². The number of oxime groups is 1. The summed E-state index contributed by atoms with van der Waals surface area (Å²) in [6, 6.07) is 11.5. The molecular weight excluding hydrogens is 480 g/mol. The maximum Gasteiger partial charge on any atom is 0.331 e. The van der Waals surface area contributed by atoms with Gasteiger partial charge in [0.2, 0.25) is 0 Å². The average Bonchev–Trinajstić information content (AvgIpc) is 3.21. The zero-order chi connectivity index (χ0) is 27.8. The molecule has 0 radical (unpaired) electrons. The number of carbonyl (C=O) groups is 3. The van der Waals surface area contributed by atoms with E-state index in [2.05, 4.69) is 23.2 Å². The number of aromatic nitrogens is 1. The van der Waals surface area contributed by atoms with E-state index in [4.69, 9.17) is 9.57 Å². The fraction of sp³-hybridized carbons (Fsp3) is 0.290. The number of rotatable bonds is 11. The molecule has 3 aromatic rings. The van der Waals surface area contributed by atoms with Gasteiger partial charge >= 0.3 is 11.9 Å². The number of nitrogens with zero attached hydrogens (tertiary/aromatic N) is 2. The van der Waals surface area contributed by atoms with Crippen molar-refractivity contribution in [3.05, 3.63) is 83.5 Å². The number of carbonyl (C=O) groups excluding carboxylic acids is 3. The molecule has 38 heavy (non-hydrogen) atoms. The molecule has 0 aliphatic heterocycles. The highest BCUT2D eigenvalue weighted by atomic mass is 16.7. The SMILES string of the molecule is C=C/C(C(=O)c1ccc2c(c1)c1cc(/C(CCC(=O)OCC)=N/OC(C)=O)ccc1n2CC)=C(C)\C=C/C. The summed E-state index contributed by atoms with van der Waals surface area (Å²) >= 11 is 0. The van der Waals surface area contributed by atoms with Gasteiger partial charge in [-0.3, -0.25) is 9.59 Å². The van der Waals surface area contributed by atoms with Gasteiger partial charge in [0.25, 0.3) is 0 Å². The summed E-state index contributed by atoms with van der Waals surface area (Å²) in [5.41, 5.74) is 5.13. The second-order valence-corrected chi connectivity index (χ2v) is 8.76. The number of allylic oxidation sites excluding steroid dienone is 5. The normalized spacial score (nSPS) is 12.6. The molecule has 2 aromatic carbocycles. The summed E-state index contributed by atoms with van der Waals surface area (Å²) in [6.07, 6.45) is 5.72. The number of fused-ring (bicyclic) bond motifs is 3. The average molecular weight is 515 g/mol. The number of benzene rings is 2. The smallest absolute Gasteiger partial charge is 0.331 e. The Bertz CT molecular complexity index is 1490. The fourth-order valence-corrected chi connectivity index (χ4v) is 4.51. The van der Waals surface area contributed by atoms with E-state index in [9.17, 15) is 14.4 Å². The molecular formula is C31H34N2O5. The highest BCUT2D eigenvalue weighted by molar-refractivity contribution is 6.17. The third-order valence-electron chi connectivity index (χ3n) is 6.22. The van der Waals surface area contributed by atoms with Gasteiger partial charge in [-0.1, -0.05) is 36.0 Å². The van der Waals surface area contributed by atoms with Crippen molar-refractivity contribution in [2.24, 2.45) is 5.16 Å². The summed E-state index contributed by atoms with van der Waals surface area (Å²) in [7, 11) is 0. The van der Waals surface area contributed by atoms with Crippen LogP contribution in [0.15, 0.2) is 77.5 Å². The van der Waals surface area contributed by atoms with Crippen molar-refractivity contribution >= 4 is 45.2 Å². The van der Waals surface area contributed by atoms with Crippen molar-refractivity contribution in [1.82, 2.24) is 4.57 Å². The third-order valence-corrected chi connectivity index (χ3v) is 6.22. The minimum Gasteiger partial charge on any atom is -0.466 e. The molecule has 0 unspecified atom stereocenters. The number of ketones is 1. The molecule has 7 nitrogen and oxygen atoms in total. The van der Waals surface area contributed by atoms with Gasteiger partial charge in [0.1, 0.15) is 0 Å². The van der Waals surface area contributed by atoms with Crippen LogP contribution in [0.25, 0.3) is 21.8 Å². The molecule has 0 atom stereocenters. The van der Waals surface area contributed by atoms with Crippen LogP contribution in [0.2, 0.25) is 0 Å². The van der Waals surface area contributed by atoms with Gasteiger partial charge in [-0.25, -0.2) is 4.79 Å². The summed E-state index contributed by atoms with van der Waals surface area (Å²) in [6.45, 7) is 13.8. The van der Waals surface area contributed by atoms with Gasteiger partial charge in [-0.15, -0.1) is 0 Å². The molecule has 0 saturated heterocycles. The third kappa shape index (κ3) is 6.17. The highest BCUT2D eigenvalue weighted by Gasteiger charge is 2.18. The highest BCUT2D eigenvalue weighted by Crippen LogP contribution is 2.32. The van der Waals surface area contributed by atoms with Crippen molar-refractivity contribution in [2.75, 3.05) is 6.61 Å². The van der Waals surface area contributed by atoms with E-state index in [1.807, 2.05) is 62.4 Å². The summed E-state index contributed by atoms with van der Waals surface area (Å²) in [4.78, 5) is 41.8. The van der Waals surface area contributed by atoms with Crippen molar-refractivity contribution in [1.29, 1.82) is 0 Å². The maximum absolute atomic E-state index is 13.4. The van der Waals surface area contributed by atoms with E-state index < -0.39 is 5.97 Å². The van der Waals surface area contributed by atoms with Crippen molar-refractivity contribution < 1.29 is 24.0 Å². The van der Waals surface area contributed by atoms with Crippen LogP contribution in [0.3, 0.4) is 0 Å². The molecule has 0 fully saturated rings. The van der Waals surface area contributed by atoms with E-state index >= 15 is 0 Å². The number of Topliss-reactive ketones (excluding diaryl/α,β-unsaturated/α-hetero) is 1. The minimum atomic E-state index is -0.551. The molecule has 0 N–H and O–H groups in total. The lowest BCUT2D eigenvalue weighted by molar-refractivity contribution is -0.143. The molecule has 1 aromatic heterocycles. The first-order chi connectivity index (χ1) is 18.2. The predicted molar refractivity (Wildman–Crippen MR) is 151 cm³/mol. The second kappa shape index (κ2) is 12.8. The first-order valence-electron chi connectivity index (χ1n) is 12.7. The maximum atomic E-state index is 13.4. The standard InChI is InChI=1S/C31H34N2O5/c1-7-11-20(5)24(8-2)31(36)23-13-16-29-26(19-23)25-18-22(12-15-28(25)33(29)9-3)27(32-38-21(6)34)14-17-30(35)37-10-4/h7-8,11-13,15-16,18-19H,2,9-10,14,17H2,1,3-6H3/b11-7-,24-20+,32-27+. The van der Waals surface area contributed by atoms with Crippen LogP contribution in [0.1, 0.15) is 63.4 Å². The molecule has 0 spiro atoms. The zero-order valence-electron chi connectivity index (χ0n) is 22.7. The molecule has 0 bridgehead atoms. The molecule has 198 valence electrons. The lowest BCUT2D eigenvalue weighted by Gasteiger charge is -2.08. The van der Waals surface area contributed by atoms with Crippen LogP contribution < -0.4 is 0 Å². The summed E-state index contributed by atoms with van der Waals surface area (Å²) in [5.74, 6) is -1.00. The Morgan fingerprint density at radius 1 is 0.974 bits per heavy atom. The number of esters is 1. The Morgan fingerprint density at radius 2 is 1.61 bits per heavy atom. The minimum absolute atomic E-state index is 0.0994. The summed E-state index contributed by atoms with van der Waals surface area (Å²) in [5, 5.41) is 5.87. The second-order valence-electron chi connectivity index (χ2n) is 8.76. The fourth-order valence-electron chi connectivity index (χ4n) is 4.51. The largest absolute Gasteiger partial charge is 0.466 e. The summed E-state index contributed by atoms with van der Waals surface area (Å²) < 4.78 is 7.22. The van der Waals surface area contributed by atoms with Gasteiger partial charge in [0.05, 0.1) is 18.7 Å². The lowest BCUT2D eigenvalue weighted by atomic mass is 9.97. The monoisotopic (exact) mass is 514 g/mol. The lowest BCUT2D eigenvalue weighted by Crippen LogP contribution is -2.10.